The van der Waals surface area contributed by atoms with E-state index in [-0.39, 0.29) is 0 Å². The van der Waals surface area contributed by atoms with E-state index in [4.69, 9.17) is 22.1 Å². The number of nitrogens with two attached hydrogens (primary N) is 1. The van der Waals surface area contributed by atoms with Gasteiger partial charge in [0.25, 0.3) is 0 Å². The van der Waals surface area contributed by atoms with Crippen molar-refractivity contribution in [1.29, 1.82) is 0 Å². The van der Waals surface area contributed by atoms with Crippen LogP contribution >= 0.6 is 11.6 Å². The average Bonchev–Trinajstić information content (AvgIpc) is 2.44. The maximum atomic E-state index is 6.28. The summed E-state index contributed by atoms with van der Waals surface area (Å²) in [5.41, 5.74) is 7.43. The third-order valence-electron chi connectivity index (χ3n) is 3.29. The summed E-state index contributed by atoms with van der Waals surface area (Å²) in [7, 11) is 0. The first-order valence-electron chi connectivity index (χ1n) is 7.64. The van der Waals surface area contributed by atoms with Crippen LogP contribution < -0.4 is 10.5 Å². The topological polar surface area (TPSA) is 73.9 Å². The SMILES string of the molecule is Cc1nccc(-c2cnc(OC[C@@](C)(N)CC(C)C)c(Cl)c2)n1. The number of aromatic nitrogens is 3. The Bertz CT molecular complexity index is 673. The van der Waals surface area contributed by atoms with Gasteiger partial charge in [-0.1, -0.05) is 25.4 Å². The third kappa shape index (κ3) is 5.15. The number of ether oxygens (including phenoxy) is 1. The van der Waals surface area contributed by atoms with Crippen LogP contribution in [-0.4, -0.2) is 27.1 Å². The van der Waals surface area contributed by atoms with Gasteiger partial charge in [0.15, 0.2) is 0 Å². The molecular weight excluding hydrogens is 312 g/mol. The van der Waals surface area contributed by atoms with Gasteiger partial charge in [-0.05, 0) is 38.3 Å². The van der Waals surface area contributed by atoms with Gasteiger partial charge in [0.2, 0.25) is 5.88 Å². The number of hydrogen-bond acceptors (Lipinski definition) is 5. The lowest BCUT2D eigenvalue weighted by Crippen LogP contribution is -2.43. The van der Waals surface area contributed by atoms with Crippen LogP contribution in [0.2, 0.25) is 5.02 Å². The van der Waals surface area contributed by atoms with Crippen molar-refractivity contribution in [1.82, 2.24) is 15.0 Å². The molecule has 0 aliphatic carbocycles. The molecule has 2 aromatic heterocycles. The maximum Gasteiger partial charge on any atom is 0.232 e. The van der Waals surface area contributed by atoms with Crippen molar-refractivity contribution in [2.45, 2.75) is 39.7 Å². The van der Waals surface area contributed by atoms with Crippen molar-refractivity contribution in [3.63, 3.8) is 0 Å². The zero-order chi connectivity index (χ0) is 17.0. The molecule has 5 nitrogen and oxygen atoms in total. The summed E-state index contributed by atoms with van der Waals surface area (Å²) in [5.74, 6) is 1.59. The first-order chi connectivity index (χ1) is 10.8. The molecule has 2 heterocycles. The molecule has 2 aromatic rings. The van der Waals surface area contributed by atoms with Gasteiger partial charge in [-0.2, -0.15) is 0 Å². The van der Waals surface area contributed by atoms with E-state index < -0.39 is 5.54 Å². The highest BCUT2D eigenvalue weighted by molar-refractivity contribution is 6.32. The minimum atomic E-state index is -0.415. The number of nitrogens with zero attached hydrogens (tertiary/aromatic N) is 3. The molecule has 0 saturated carbocycles. The smallest absolute Gasteiger partial charge is 0.232 e. The molecule has 0 aromatic carbocycles. The van der Waals surface area contributed by atoms with Gasteiger partial charge in [-0.3, -0.25) is 0 Å². The van der Waals surface area contributed by atoms with Gasteiger partial charge in [0.05, 0.1) is 5.69 Å². The number of rotatable bonds is 6. The average molecular weight is 335 g/mol. The molecule has 0 amide bonds. The predicted octanol–water partition coefficient (Wildman–Crippen LogP) is 3.64. The molecule has 0 bridgehead atoms. The predicted molar refractivity (Wildman–Crippen MR) is 92.6 cm³/mol. The van der Waals surface area contributed by atoms with Crippen molar-refractivity contribution in [2.24, 2.45) is 11.7 Å². The molecule has 0 radical (unpaired) electrons. The Labute approximate surface area is 142 Å². The molecule has 1 atom stereocenters. The van der Waals surface area contributed by atoms with E-state index >= 15 is 0 Å². The number of hydrogen-bond donors (Lipinski definition) is 1. The molecule has 0 aliphatic rings. The van der Waals surface area contributed by atoms with Crippen LogP contribution in [0.15, 0.2) is 24.5 Å². The second-order valence-electron chi connectivity index (χ2n) is 6.54. The van der Waals surface area contributed by atoms with Crippen molar-refractivity contribution >= 4 is 11.6 Å². The van der Waals surface area contributed by atoms with E-state index in [1.807, 2.05) is 19.9 Å². The van der Waals surface area contributed by atoms with Gasteiger partial charge in [-0.25, -0.2) is 15.0 Å². The molecule has 0 saturated heterocycles. The lowest BCUT2D eigenvalue weighted by Gasteiger charge is -2.26. The second kappa shape index (κ2) is 7.23. The minimum Gasteiger partial charge on any atom is -0.475 e. The molecule has 124 valence electrons. The Morgan fingerprint density at radius 2 is 2.09 bits per heavy atom. The van der Waals surface area contributed by atoms with Crippen LogP contribution in [0, 0.1) is 12.8 Å². The fourth-order valence-electron chi connectivity index (χ4n) is 2.51. The van der Waals surface area contributed by atoms with Crippen LogP contribution in [0.4, 0.5) is 0 Å². The zero-order valence-electron chi connectivity index (χ0n) is 14.0. The maximum absolute atomic E-state index is 6.28. The monoisotopic (exact) mass is 334 g/mol. The van der Waals surface area contributed by atoms with Crippen molar-refractivity contribution < 1.29 is 4.74 Å². The quantitative estimate of drug-likeness (QED) is 0.872. The van der Waals surface area contributed by atoms with Gasteiger partial charge in [0.1, 0.15) is 17.5 Å². The van der Waals surface area contributed by atoms with Gasteiger partial charge >= 0.3 is 0 Å². The summed E-state index contributed by atoms with van der Waals surface area (Å²) in [6.45, 7) is 8.44. The summed E-state index contributed by atoms with van der Waals surface area (Å²) >= 11 is 6.28. The van der Waals surface area contributed by atoms with Crippen LogP contribution in [-0.2, 0) is 0 Å². The van der Waals surface area contributed by atoms with Crippen LogP contribution in [0.25, 0.3) is 11.3 Å². The molecule has 6 heteroatoms. The van der Waals surface area contributed by atoms with Crippen molar-refractivity contribution in [3.8, 4) is 17.1 Å². The Hall–Kier alpha value is -1.72. The molecule has 0 spiro atoms. The van der Waals surface area contributed by atoms with E-state index in [1.165, 1.54) is 0 Å². The zero-order valence-corrected chi connectivity index (χ0v) is 14.8. The molecule has 2 rings (SSSR count). The number of halogens is 1. The lowest BCUT2D eigenvalue weighted by molar-refractivity contribution is 0.201. The first kappa shape index (κ1) is 17.6. The second-order valence-corrected chi connectivity index (χ2v) is 6.95. The summed E-state index contributed by atoms with van der Waals surface area (Å²) in [4.78, 5) is 12.7. The summed E-state index contributed by atoms with van der Waals surface area (Å²) in [6.07, 6.45) is 4.27. The Kier molecular flexibility index (Phi) is 5.55. The fourth-order valence-corrected chi connectivity index (χ4v) is 2.73. The highest BCUT2D eigenvalue weighted by atomic mass is 35.5. The highest BCUT2D eigenvalue weighted by Crippen LogP contribution is 2.28. The standard InChI is InChI=1S/C17H23ClN4O/c1-11(2)8-17(4,19)10-23-16-14(18)7-13(9-21-16)15-5-6-20-12(3)22-15/h5-7,9,11H,8,10,19H2,1-4H3/t17-/m0/s1. The van der Waals surface area contributed by atoms with E-state index in [0.717, 1.165) is 17.7 Å². The summed E-state index contributed by atoms with van der Waals surface area (Å²) < 4.78 is 5.72. The summed E-state index contributed by atoms with van der Waals surface area (Å²) in [5, 5.41) is 0.444. The van der Waals surface area contributed by atoms with Crippen LogP contribution in [0.5, 0.6) is 5.88 Å². The van der Waals surface area contributed by atoms with Gasteiger partial charge < -0.3 is 10.5 Å². The fraction of sp³-hybridized carbons (Fsp3) is 0.471. The van der Waals surface area contributed by atoms with Gasteiger partial charge in [0, 0.05) is 23.5 Å². The Morgan fingerprint density at radius 1 is 1.35 bits per heavy atom. The Balaban J connectivity index is 2.11. The number of aryl methyl sites for hydroxylation is 1. The lowest BCUT2D eigenvalue weighted by atomic mass is 9.93. The molecule has 0 unspecified atom stereocenters. The normalized spacial score (nSPS) is 13.9. The van der Waals surface area contributed by atoms with Crippen molar-refractivity contribution in [3.05, 3.63) is 35.4 Å². The highest BCUT2D eigenvalue weighted by Gasteiger charge is 2.22. The molecule has 2 N–H and O–H groups in total. The molecule has 23 heavy (non-hydrogen) atoms. The van der Waals surface area contributed by atoms with Crippen LogP contribution in [0.3, 0.4) is 0 Å². The number of pyridine rings is 1. The van der Waals surface area contributed by atoms with Crippen molar-refractivity contribution in [2.75, 3.05) is 6.61 Å². The summed E-state index contributed by atoms with van der Waals surface area (Å²) in [6, 6.07) is 3.61. The van der Waals surface area contributed by atoms with E-state index in [9.17, 15) is 0 Å². The first-order valence-corrected chi connectivity index (χ1v) is 8.02. The van der Waals surface area contributed by atoms with E-state index in [0.29, 0.717) is 29.3 Å². The molecular formula is C17H23ClN4O. The van der Waals surface area contributed by atoms with E-state index in [1.54, 1.807) is 18.5 Å². The molecule has 0 aliphatic heterocycles. The van der Waals surface area contributed by atoms with E-state index in [2.05, 4.69) is 28.8 Å². The third-order valence-corrected chi connectivity index (χ3v) is 3.56. The molecule has 0 fully saturated rings. The van der Waals surface area contributed by atoms with Gasteiger partial charge in [-0.15, -0.1) is 0 Å². The Morgan fingerprint density at radius 3 is 2.70 bits per heavy atom. The van der Waals surface area contributed by atoms with Crippen LogP contribution in [0.1, 0.15) is 33.0 Å². The minimum absolute atomic E-state index is 0.365. The largest absolute Gasteiger partial charge is 0.475 e.